The number of fused-ring (bicyclic) bond motifs is 1. The van der Waals surface area contributed by atoms with E-state index < -0.39 is 5.72 Å². The maximum Gasteiger partial charge on any atom is 0.284 e. The van der Waals surface area contributed by atoms with Crippen LogP contribution in [-0.4, -0.2) is 12.2 Å². The molecular weight excluding hydrogens is 300 g/mol. The van der Waals surface area contributed by atoms with Crippen LogP contribution in [0.25, 0.3) is 0 Å². The van der Waals surface area contributed by atoms with Crippen LogP contribution in [0.2, 0.25) is 0 Å². The molecule has 24 heavy (non-hydrogen) atoms. The van der Waals surface area contributed by atoms with Crippen molar-refractivity contribution in [1.82, 2.24) is 0 Å². The van der Waals surface area contributed by atoms with Crippen LogP contribution >= 0.6 is 0 Å². The molecule has 1 atom stereocenters. The summed E-state index contributed by atoms with van der Waals surface area (Å²) in [5.41, 5.74) is 0.631. The van der Waals surface area contributed by atoms with Gasteiger partial charge in [0.2, 0.25) is 0 Å². The zero-order chi connectivity index (χ0) is 16.6. The topological polar surface area (TPSA) is 36.6 Å². The first-order valence-corrected chi connectivity index (χ1v) is 7.93. The minimum Gasteiger partial charge on any atom is -0.497 e. The van der Waals surface area contributed by atoms with Gasteiger partial charge in [-0.2, -0.15) is 4.90 Å². The van der Waals surface area contributed by atoms with Crippen molar-refractivity contribution in [3.05, 3.63) is 84.6 Å². The van der Waals surface area contributed by atoms with E-state index in [1.54, 1.807) is 7.11 Å². The van der Waals surface area contributed by atoms with Gasteiger partial charge in [0, 0.05) is 11.6 Å². The Balaban J connectivity index is 1.87. The highest BCUT2D eigenvalue weighted by Crippen LogP contribution is 2.41. The predicted octanol–water partition coefficient (Wildman–Crippen LogP) is 2.98. The molecule has 4 rings (SSSR count). The second kappa shape index (κ2) is 5.65. The summed E-state index contributed by atoms with van der Waals surface area (Å²) in [6.07, 6.45) is 1.99. The van der Waals surface area contributed by atoms with Crippen LogP contribution in [0.4, 0.5) is 11.5 Å². The number of anilines is 2. The molecule has 0 amide bonds. The van der Waals surface area contributed by atoms with Crippen molar-refractivity contribution in [3.63, 3.8) is 0 Å². The van der Waals surface area contributed by atoms with Crippen molar-refractivity contribution in [3.8, 4) is 5.75 Å². The Labute approximate surface area is 141 Å². The molecule has 1 N–H and O–H groups in total. The molecule has 1 aromatic heterocycles. The largest absolute Gasteiger partial charge is 0.497 e. The van der Waals surface area contributed by atoms with E-state index >= 15 is 0 Å². The molecule has 1 aliphatic rings. The third-order valence-corrected chi connectivity index (χ3v) is 4.47. The van der Waals surface area contributed by atoms with Crippen molar-refractivity contribution < 1.29 is 14.4 Å². The van der Waals surface area contributed by atoms with E-state index in [2.05, 4.69) is 4.57 Å². The highest BCUT2D eigenvalue weighted by atomic mass is 16.5. The number of hydrogen-bond acceptors (Lipinski definition) is 3. The fourth-order valence-corrected chi connectivity index (χ4v) is 3.30. The number of aromatic nitrogens is 1. The number of aliphatic hydroxyl groups is 1. The molecule has 1 unspecified atom stereocenters. The molecule has 3 aromatic rings. The Bertz CT molecular complexity index is 849. The lowest BCUT2D eigenvalue weighted by atomic mass is 10.0. The molecule has 0 spiro atoms. The average molecular weight is 319 g/mol. The summed E-state index contributed by atoms with van der Waals surface area (Å²) in [6, 6.07) is 23.5. The summed E-state index contributed by atoms with van der Waals surface area (Å²) in [5.74, 6) is 1.73. The van der Waals surface area contributed by atoms with E-state index in [0.29, 0.717) is 6.54 Å². The van der Waals surface area contributed by atoms with Gasteiger partial charge in [0.15, 0.2) is 6.54 Å². The average Bonchev–Trinajstić information content (AvgIpc) is 2.95. The van der Waals surface area contributed by atoms with Crippen LogP contribution in [0.15, 0.2) is 79.0 Å². The molecule has 4 nitrogen and oxygen atoms in total. The molecule has 1 aliphatic heterocycles. The highest BCUT2D eigenvalue weighted by Gasteiger charge is 2.52. The van der Waals surface area contributed by atoms with E-state index in [1.807, 2.05) is 83.9 Å². The van der Waals surface area contributed by atoms with Crippen molar-refractivity contribution in [2.24, 2.45) is 0 Å². The Morgan fingerprint density at radius 2 is 1.67 bits per heavy atom. The normalized spacial score (nSPS) is 19.2. The quantitative estimate of drug-likeness (QED) is 0.754. The third kappa shape index (κ3) is 2.23. The van der Waals surface area contributed by atoms with Gasteiger partial charge in [-0.1, -0.05) is 24.3 Å². The zero-order valence-corrected chi connectivity index (χ0v) is 13.5. The summed E-state index contributed by atoms with van der Waals surface area (Å²) < 4.78 is 7.30. The second-order valence-electron chi connectivity index (χ2n) is 5.90. The van der Waals surface area contributed by atoms with Gasteiger partial charge in [-0.15, -0.1) is 0 Å². The van der Waals surface area contributed by atoms with E-state index in [0.717, 1.165) is 22.8 Å². The standard InChI is InChI=1S/C20H19N2O2/c1-24-18-12-10-16(11-13-18)20(23)15-21-14-6-5-9-19(21)22(20)17-7-3-2-4-8-17/h2-14,23H,15H2,1H3/q+1. The molecule has 0 bridgehead atoms. The van der Waals surface area contributed by atoms with Gasteiger partial charge in [-0.3, -0.25) is 0 Å². The Morgan fingerprint density at radius 1 is 0.958 bits per heavy atom. The summed E-state index contributed by atoms with van der Waals surface area (Å²) in [5, 5.41) is 11.6. The number of benzene rings is 2. The third-order valence-electron chi connectivity index (χ3n) is 4.47. The lowest BCUT2D eigenvalue weighted by molar-refractivity contribution is -0.683. The molecule has 0 saturated carbocycles. The van der Waals surface area contributed by atoms with Gasteiger partial charge in [0.05, 0.1) is 13.3 Å². The molecule has 0 aliphatic carbocycles. The van der Waals surface area contributed by atoms with Crippen LogP contribution in [0.1, 0.15) is 5.56 Å². The number of rotatable bonds is 3. The summed E-state index contributed by atoms with van der Waals surface area (Å²) in [7, 11) is 1.64. The minimum atomic E-state index is -1.15. The van der Waals surface area contributed by atoms with Crippen molar-refractivity contribution in [2.45, 2.75) is 12.3 Å². The molecule has 0 fully saturated rings. The van der Waals surface area contributed by atoms with Crippen LogP contribution in [0, 0.1) is 0 Å². The first kappa shape index (κ1) is 14.7. The summed E-state index contributed by atoms with van der Waals surface area (Å²) in [4.78, 5) is 1.98. The summed E-state index contributed by atoms with van der Waals surface area (Å²) in [6.45, 7) is 0.463. The van der Waals surface area contributed by atoms with Crippen molar-refractivity contribution in [2.75, 3.05) is 12.0 Å². The van der Waals surface area contributed by atoms with Gasteiger partial charge in [-0.05, 0) is 42.5 Å². The van der Waals surface area contributed by atoms with Crippen molar-refractivity contribution >= 4 is 11.5 Å². The SMILES string of the molecule is COc1ccc(C2(O)C[n+]3ccccc3N2c2ccccc2)cc1. The lowest BCUT2D eigenvalue weighted by Crippen LogP contribution is -2.43. The Morgan fingerprint density at radius 3 is 2.38 bits per heavy atom. The molecule has 2 heterocycles. The molecular formula is C20H19N2O2+. The maximum atomic E-state index is 11.6. The van der Waals surface area contributed by atoms with Gasteiger partial charge < -0.3 is 9.84 Å². The maximum absolute atomic E-state index is 11.6. The number of ether oxygens (including phenoxy) is 1. The van der Waals surface area contributed by atoms with Crippen LogP contribution in [0.3, 0.4) is 0 Å². The number of pyridine rings is 1. The highest BCUT2D eigenvalue weighted by molar-refractivity contribution is 5.62. The van der Waals surface area contributed by atoms with E-state index in [-0.39, 0.29) is 0 Å². The number of para-hydroxylation sites is 1. The Kier molecular flexibility index (Phi) is 3.47. The Hall–Kier alpha value is -2.85. The fraction of sp³-hybridized carbons (Fsp3) is 0.150. The predicted molar refractivity (Wildman–Crippen MR) is 92.1 cm³/mol. The van der Waals surface area contributed by atoms with Gasteiger partial charge in [0.25, 0.3) is 11.5 Å². The van der Waals surface area contributed by atoms with E-state index in [1.165, 1.54) is 0 Å². The van der Waals surface area contributed by atoms with Crippen LogP contribution < -0.4 is 14.2 Å². The van der Waals surface area contributed by atoms with Gasteiger partial charge in [0.1, 0.15) is 11.4 Å². The smallest absolute Gasteiger partial charge is 0.284 e. The zero-order valence-electron chi connectivity index (χ0n) is 13.5. The summed E-state index contributed by atoms with van der Waals surface area (Å²) >= 11 is 0. The fourth-order valence-electron chi connectivity index (χ4n) is 3.30. The molecule has 2 aromatic carbocycles. The monoisotopic (exact) mass is 319 g/mol. The van der Waals surface area contributed by atoms with Crippen LogP contribution in [-0.2, 0) is 12.3 Å². The van der Waals surface area contributed by atoms with Gasteiger partial charge in [-0.25, -0.2) is 4.57 Å². The van der Waals surface area contributed by atoms with E-state index in [4.69, 9.17) is 4.74 Å². The molecule has 120 valence electrons. The molecule has 0 radical (unpaired) electrons. The number of hydrogen-bond donors (Lipinski definition) is 1. The molecule has 0 saturated heterocycles. The van der Waals surface area contributed by atoms with E-state index in [9.17, 15) is 5.11 Å². The van der Waals surface area contributed by atoms with Crippen molar-refractivity contribution in [1.29, 1.82) is 0 Å². The molecule has 4 heteroatoms. The van der Waals surface area contributed by atoms with Gasteiger partial charge >= 0.3 is 0 Å². The number of methoxy groups -OCH3 is 1. The second-order valence-corrected chi connectivity index (χ2v) is 5.90. The first-order valence-electron chi connectivity index (χ1n) is 7.93. The van der Waals surface area contributed by atoms with Crippen LogP contribution in [0.5, 0.6) is 5.75 Å². The number of nitrogens with zero attached hydrogens (tertiary/aromatic N) is 2. The minimum absolute atomic E-state index is 0.463. The lowest BCUT2D eigenvalue weighted by Gasteiger charge is -2.27. The first-order chi connectivity index (χ1) is 11.7.